The molecule has 0 aromatic heterocycles. The largest absolute Gasteiger partial charge is 0.426 e. The summed E-state index contributed by atoms with van der Waals surface area (Å²) in [6.07, 6.45) is -4.68. The van der Waals surface area contributed by atoms with Crippen molar-refractivity contribution in [2.45, 2.75) is 19.1 Å². The van der Waals surface area contributed by atoms with Gasteiger partial charge in [-0.25, -0.2) is 0 Å². The van der Waals surface area contributed by atoms with Crippen LogP contribution in [0, 0.1) is 0 Å². The summed E-state index contributed by atoms with van der Waals surface area (Å²) in [5, 5.41) is 0. The van der Waals surface area contributed by atoms with Crippen molar-refractivity contribution in [2.75, 3.05) is 33.2 Å². The highest BCUT2D eigenvalue weighted by Crippen LogP contribution is 2.31. The zero-order chi connectivity index (χ0) is 20.1. The van der Waals surface area contributed by atoms with Gasteiger partial charge >= 0.3 is 12.1 Å². The number of piperazine rings is 1. The number of alkyl halides is 3. The molecule has 1 fully saturated rings. The van der Waals surface area contributed by atoms with Crippen molar-refractivity contribution in [1.82, 2.24) is 9.80 Å². The van der Waals surface area contributed by atoms with E-state index in [-0.39, 0.29) is 6.42 Å². The molecule has 7 heteroatoms. The first-order valence-corrected chi connectivity index (χ1v) is 9.16. The van der Waals surface area contributed by atoms with E-state index in [0.29, 0.717) is 23.4 Å². The summed E-state index contributed by atoms with van der Waals surface area (Å²) >= 11 is 0. The number of benzene rings is 2. The van der Waals surface area contributed by atoms with E-state index in [2.05, 4.69) is 9.80 Å². The topological polar surface area (TPSA) is 32.8 Å². The molecule has 0 aliphatic carbocycles. The molecule has 1 aliphatic heterocycles. The van der Waals surface area contributed by atoms with Gasteiger partial charge in [0.2, 0.25) is 0 Å². The minimum absolute atomic E-state index is 0.214. The van der Waals surface area contributed by atoms with Gasteiger partial charge in [0.15, 0.2) is 0 Å². The predicted octanol–water partition coefficient (Wildman–Crippen LogP) is 3.60. The van der Waals surface area contributed by atoms with E-state index >= 15 is 0 Å². The van der Waals surface area contributed by atoms with E-state index in [1.807, 2.05) is 7.05 Å². The van der Waals surface area contributed by atoms with E-state index in [1.54, 1.807) is 36.4 Å². The maximum absolute atomic E-state index is 13.3. The van der Waals surface area contributed by atoms with Crippen LogP contribution in [0.4, 0.5) is 13.2 Å². The minimum Gasteiger partial charge on any atom is -0.426 e. The second kappa shape index (κ2) is 8.75. The molecule has 1 aliphatic rings. The SMILES string of the molecule is CN1CCN(Cc2cc(CC(=O)Oc3ccccc3)cc(C(F)(F)F)c2)CC1. The molecule has 3 rings (SSSR count). The number of hydrogen-bond donors (Lipinski definition) is 0. The number of nitrogens with zero attached hydrogens (tertiary/aromatic N) is 2. The smallest absolute Gasteiger partial charge is 0.416 e. The van der Waals surface area contributed by atoms with E-state index in [1.165, 1.54) is 6.07 Å². The Morgan fingerprint density at radius 2 is 1.64 bits per heavy atom. The summed E-state index contributed by atoms with van der Waals surface area (Å²) in [5.74, 6) is -0.215. The highest BCUT2D eigenvalue weighted by Gasteiger charge is 2.31. The van der Waals surface area contributed by atoms with Crippen LogP contribution in [0.15, 0.2) is 48.5 Å². The number of likely N-dealkylation sites (N-methyl/N-ethyl adjacent to an activating group) is 1. The molecule has 0 amide bonds. The van der Waals surface area contributed by atoms with Gasteiger partial charge in [0, 0.05) is 32.7 Å². The number of rotatable bonds is 5. The lowest BCUT2D eigenvalue weighted by atomic mass is 10.0. The van der Waals surface area contributed by atoms with Crippen molar-refractivity contribution in [3.8, 4) is 5.75 Å². The average Bonchev–Trinajstić information content (AvgIpc) is 2.63. The van der Waals surface area contributed by atoms with Crippen LogP contribution in [-0.4, -0.2) is 49.0 Å². The molecule has 28 heavy (non-hydrogen) atoms. The Kier molecular flexibility index (Phi) is 6.36. The number of ether oxygens (including phenoxy) is 1. The molecule has 0 N–H and O–H groups in total. The normalized spacial score (nSPS) is 16.1. The molecule has 1 saturated heterocycles. The van der Waals surface area contributed by atoms with Crippen LogP contribution in [0.25, 0.3) is 0 Å². The third-order valence-corrected chi connectivity index (χ3v) is 4.71. The van der Waals surface area contributed by atoms with E-state index in [4.69, 9.17) is 4.74 Å². The molecule has 0 unspecified atom stereocenters. The Labute approximate surface area is 162 Å². The molecule has 4 nitrogen and oxygen atoms in total. The van der Waals surface area contributed by atoms with Crippen molar-refractivity contribution < 1.29 is 22.7 Å². The molecule has 0 radical (unpaired) electrons. The lowest BCUT2D eigenvalue weighted by Crippen LogP contribution is -2.43. The monoisotopic (exact) mass is 392 g/mol. The van der Waals surface area contributed by atoms with Crippen molar-refractivity contribution in [2.24, 2.45) is 0 Å². The third kappa shape index (κ3) is 5.81. The van der Waals surface area contributed by atoms with Gasteiger partial charge in [-0.1, -0.05) is 24.3 Å². The average molecular weight is 392 g/mol. The van der Waals surface area contributed by atoms with Gasteiger partial charge in [-0.2, -0.15) is 13.2 Å². The van der Waals surface area contributed by atoms with Crippen LogP contribution < -0.4 is 4.74 Å². The number of para-hydroxylation sites is 1. The Balaban J connectivity index is 1.74. The number of hydrogen-bond acceptors (Lipinski definition) is 4. The Hall–Kier alpha value is -2.38. The van der Waals surface area contributed by atoms with Crippen LogP contribution in [0.1, 0.15) is 16.7 Å². The third-order valence-electron chi connectivity index (χ3n) is 4.71. The highest BCUT2D eigenvalue weighted by molar-refractivity contribution is 5.75. The standard InChI is InChI=1S/C21H23F3N2O2/c1-25-7-9-26(10-8-25)15-17-11-16(12-18(13-17)21(22,23)24)14-20(27)28-19-5-3-2-4-6-19/h2-6,11-13H,7-10,14-15H2,1H3. The van der Waals surface area contributed by atoms with Crippen LogP contribution in [0.3, 0.4) is 0 Å². The van der Waals surface area contributed by atoms with Crippen LogP contribution in [-0.2, 0) is 23.9 Å². The maximum Gasteiger partial charge on any atom is 0.416 e. The number of esters is 1. The Morgan fingerprint density at radius 1 is 1.00 bits per heavy atom. The van der Waals surface area contributed by atoms with Gasteiger partial charge in [-0.3, -0.25) is 9.69 Å². The minimum atomic E-state index is -4.46. The summed E-state index contributed by atoms with van der Waals surface area (Å²) < 4.78 is 45.2. The number of carbonyl (C=O) groups excluding carboxylic acids is 1. The van der Waals surface area contributed by atoms with Gasteiger partial charge in [-0.15, -0.1) is 0 Å². The fraction of sp³-hybridized carbons (Fsp3) is 0.381. The molecule has 1 heterocycles. The molecule has 0 spiro atoms. The lowest BCUT2D eigenvalue weighted by Gasteiger charge is -2.32. The molecular weight excluding hydrogens is 369 g/mol. The van der Waals surface area contributed by atoms with E-state index in [0.717, 1.165) is 32.2 Å². The Bertz CT molecular complexity index is 801. The summed E-state index contributed by atoms with van der Waals surface area (Å²) in [7, 11) is 2.03. The first-order valence-electron chi connectivity index (χ1n) is 9.16. The van der Waals surface area contributed by atoms with Crippen LogP contribution in [0.5, 0.6) is 5.75 Å². The second-order valence-electron chi connectivity index (χ2n) is 7.08. The first kappa shape index (κ1) is 20.4. The van der Waals surface area contributed by atoms with Gasteiger partial charge in [0.25, 0.3) is 0 Å². The zero-order valence-corrected chi connectivity index (χ0v) is 15.7. The molecule has 0 saturated carbocycles. The molecule has 2 aromatic carbocycles. The number of carbonyl (C=O) groups is 1. The van der Waals surface area contributed by atoms with E-state index in [9.17, 15) is 18.0 Å². The lowest BCUT2D eigenvalue weighted by molar-refractivity contribution is -0.138. The quantitative estimate of drug-likeness (QED) is 0.575. The summed E-state index contributed by atoms with van der Waals surface area (Å²) in [5.41, 5.74) is 0.128. The van der Waals surface area contributed by atoms with Crippen molar-refractivity contribution in [3.63, 3.8) is 0 Å². The molecule has 2 aromatic rings. The maximum atomic E-state index is 13.3. The summed E-state index contributed by atoms with van der Waals surface area (Å²) in [4.78, 5) is 16.5. The highest BCUT2D eigenvalue weighted by atomic mass is 19.4. The fourth-order valence-electron chi connectivity index (χ4n) is 3.21. The molecular formula is C21H23F3N2O2. The van der Waals surface area contributed by atoms with E-state index < -0.39 is 17.7 Å². The summed E-state index contributed by atoms with van der Waals surface area (Å²) in [6.45, 7) is 3.80. The second-order valence-corrected chi connectivity index (χ2v) is 7.08. The van der Waals surface area contributed by atoms with Gasteiger partial charge in [-0.05, 0) is 42.4 Å². The molecule has 0 bridgehead atoms. The summed E-state index contributed by atoms with van der Waals surface area (Å²) in [6, 6.07) is 12.4. The predicted molar refractivity (Wildman–Crippen MR) is 100.0 cm³/mol. The van der Waals surface area contributed by atoms with Gasteiger partial charge in [0.1, 0.15) is 5.75 Å². The first-order chi connectivity index (χ1) is 13.3. The molecule has 150 valence electrons. The number of halogens is 3. The van der Waals surface area contributed by atoms with Gasteiger partial charge < -0.3 is 9.64 Å². The Morgan fingerprint density at radius 3 is 2.29 bits per heavy atom. The fourth-order valence-corrected chi connectivity index (χ4v) is 3.21. The van der Waals surface area contributed by atoms with Crippen LogP contribution in [0.2, 0.25) is 0 Å². The van der Waals surface area contributed by atoms with Crippen molar-refractivity contribution in [3.05, 3.63) is 65.2 Å². The van der Waals surface area contributed by atoms with Gasteiger partial charge in [0.05, 0.1) is 12.0 Å². The zero-order valence-electron chi connectivity index (χ0n) is 15.7. The molecule has 0 atom stereocenters. The van der Waals surface area contributed by atoms with Crippen molar-refractivity contribution in [1.29, 1.82) is 0 Å². The van der Waals surface area contributed by atoms with Crippen molar-refractivity contribution >= 4 is 5.97 Å². The van der Waals surface area contributed by atoms with Crippen LogP contribution >= 0.6 is 0 Å².